The summed E-state index contributed by atoms with van der Waals surface area (Å²) in [4.78, 5) is 10.1. The van der Waals surface area contributed by atoms with E-state index in [1.54, 1.807) is 0 Å². The normalized spacial score (nSPS) is 11.9. The fraction of sp³-hybridized carbons (Fsp3) is 0.143. The Labute approximate surface area is 123 Å². The Kier molecular flexibility index (Phi) is 4.34. The Morgan fingerprint density at radius 2 is 2.00 bits per heavy atom. The fourth-order valence-corrected chi connectivity index (χ4v) is 2.55. The maximum atomic E-state index is 13.4. The summed E-state index contributed by atoms with van der Waals surface area (Å²) in [7, 11) is 0. The molecule has 1 atom stereocenters. The molecule has 6 heteroatoms. The minimum absolute atomic E-state index is 0.119. The maximum absolute atomic E-state index is 13.4. The highest BCUT2D eigenvalue weighted by Gasteiger charge is 2.13. The Balaban J connectivity index is 2.26. The van der Waals surface area contributed by atoms with Gasteiger partial charge >= 0.3 is 0 Å². The number of hydrogen-bond donors (Lipinski definition) is 1. The van der Waals surface area contributed by atoms with E-state index in [2.05, 4.69) is 21.2 Å². The van der Waals surface area contributed by atoms with E-state index in [1.165, 1.54) is 12.1 Å². The lowest BCUT2D eigenvalue weighted by atomic mass is 10.1. The monoisotopic (exact) mass is 338 g/mol. The van der Waals surface area contributed by atoms with Crippen molar-refractivity contribution in [2.45, 2.75) is 13.0 Å². The first-order valence-electron chi connectivity index (χ1n) is 5.93. The van der Waals surface area contributed by atoms with E-state index in [0.29, 0.717) is 5.69 Å². The molecule has 0 aliphatic carbocycles. The van der Waals surface area contributed by atoms with Crippen LogP contribution in [0.5, 0.6) is 0 Å². The zero-order valence-corrected chi connectivity index (χ0v) is 12.2. The van der Waals surface area contributed by atoms with E-state index >= 15 is 0 Å². The van der Waals surface area contributed by atoms with E-state index in [1.807, 2.05) is 31.2 Å². The predicted octanol–water partition coefficient (Wildman–Crippen LogP) is 4.67. The summed E-state index contributed by atoms with van der Waals surface area (Å²) >= 11 is 3.44. The molecule has 0 saturated carbocycles. The van der Waals surface area contributed by atoms with Gasteiger partial charge in [-0.2, -0.15) is 0 Å². The molecule has 0 saturated heterocycles. The van der Waals surface area contributed by atoms with Gasteiger partial charge in [0, 0.05) is 22.3 Å². The van der Waals surface area contributed by atoms with Crippen LogP contribution in [-0.4, -0.2) is 4.92 Å². The molecule has 0 radical (unpaired) electrons. The summed E-state index contributed by atoms with van der Waals surface area (Å²) in [6.07, 6.45) is 0. The molecule has 2 aromatic rings. The highest BCUT2D eigenvalue weighted by atomic mass is 79.9. The first-order valence-corrected chi connectivity index (χ1v) is 6.72. The van der Waals surface area contributed by atoms with Crippen LogP contribution in [0, 0.1) is 15.9 Å². The van der Waals surface area contributed by atoms with Crippen molar-refractivity contribution < 1.29 is 9.31 Å². The second-order valence-corrected chi connectivity index (χ2v) is 5.20. The third-order valence-electron chi connectivity index (χ3n) is 2.85. The second kappa shape index (κ2) is 6.00. The molecule has 2 rings (SSSR count). The molecule has 20 heavy (non-hydrogen) atoms. The topological polar surface area (TPSA) is 55.2 Å². The van der Waals surface area contributed by atoms with Crippen LogP contribution in [0.2, 0.25) is 0 Å². The molecule has 1 unspecified atom stereocenters. The molecular weight excluding hydrogens is 327 g/mol. The zero-order chi connectivity index (χ0) is 14.7. The number of hydrogen-bond acceptors (Lipinski definition) is 3. The van der Waals surface area contributed by atoms with Crippen molar-refractivity contribution in [2.24, 2.45) is 0 Å². The van der Waals surface area contributed by atoms with Gasteiger partial charge in [0.25, 0.3) is 5.69 Å². The molecular formula is C14H12BrFN2O2. The van der Waals surface area contributed by atoms with Crippen LogP contribution in [-0.2, 0) is 0 Å². The van der Waals surface area contributed by atoms with Crippen LogP contribution < -0.4 is 5.32 Å². The number of benzene rings is 2. The highest BCUT2D eigenvalue weighted by Crippen LogP contribution is 2.28. The largest absolute Gasteiger partial charge is 0.378 e. The Bertz CT molecular complexity index is 649. The van der Waals surface area contributed by atoms with E-state index in [4.69, 9.17) is 0 Å². The quantitative estimate of drug-likeness (QED) is 0.651. The molecule has 0 aromatic heterocycles. The standard InChI is InChI=1S/C14H12BrFN2O2/c1-9(13-4-2-3-5-14(13)15)17-11-6-10(16)7-12(8-11)18(19)20/h2-9,17H,1H3. The number of nitrogens with one attached hydrogen (secondary N) is 1. The number of non-ortho nitro benzene ring substituents is 1. The zero-order valence-electron chi connectivity index (χ0n) is 10.6. The number of nitrogens with zero attached hydrogens (tertiary/aromatic N) is 1. The molecule has 0 fully saturated rings. The smallest absolute Gasteiger partial charge is 0.274 e. The first-order chi connectivity index (χ1) is 9.47. The molecule has 0 amide bonds. The van der Waals surface area contributed by atoms with Gasteiger partial charge in [0.1, 0.15) is 5.82 Å². The molecule has 1 N–H and O–H groups in total. The van der Waals surface area contributed by atoms with Crippen LogP contribution in [0.25, 0.3) is 0 Å². The van der Waals surface area contributed by atoms with Crippen molar-refractivity contribution in [3.8, 4) is 0 Å². The van der Waals surface area contributed by atoms with Gasteiger partial charge in [0.05, 0.1) is 11.0 Å². The van der Waals surface area contributed by atoms with Crippen LogP contribution >= 0.6 is 15.9 Å². The van der Waals surface area contributed by atoms with Crippen LogP contribution in [0.4, 0.5) is 15.8 Å². The van der Waals surface area contributed by atoms with Gasteiger partial charge in [-0.25, -0.2) is 4.39 Å². The lowest BCUT2D eigenvalue weighted by Crippen LogP contribution is -2.07. The number of nitro groups is 1. The number of anilines is 1. The van der Waals surface area contributed by atoms with Gasteiger partial charge in [-0.15, -0.1) is 0 Å². The molecule has 104 valence electrons. The van der Waals surface area contributed by atoms with Crippen LogP contribution in [0.15, 0.2) is 46.9 Å². The Hall–Kier alpha value is -1.95. The maximum Gasteiger partial charge on any atom is 0.274 e. The minimum atomic E-state index is -0.638. The van der Waals surface area contributed by atoms with E-state index in [9.17, 15) is 14.5 Å². The summed E-state index contributed by atoms with van der Waals surface area (Å²) in [5.41, 5.74) is 1.09. The van der Waals surface area contributed by atoms with Crippen molar-refractivity contribution in [1.29, 1.82) is 0 Å². The molecule has 0 heterocycles. The highest BCUT2D eigenvalue weighted by molar-refractivity contribution is 9.10. The number of nitro benzene ring substituents is 1. The molecule has 2 aromatic carbocycles. The van der Waals surface area contributed by atoms with Crippen molar-refractivity contribution in [3.05, 3.63) is 68.4 Å². The third-order valence-corrected chi connectivity index (χ3v) is 3.57. The average Bonchev–Trinajstić information content (AvgIpc) is 2.38. The SMILES string of the molecule is CC(Nc1cc(F)cc([N+](=O)[O-])c1)c1ccccc1Br. The van der Waals surface area contributed by atoms with E-state index in [0.717, 1.165) is 16.1 Å². The van der Waals surface area contributed by atoms with Crippen molar-refractivity contribution >= 4 is 27.3 Å². The van der Waals surface area contributed by atoms with E-state index < -0.39 is 10.7 Å². The molecule has 0 bridgehead atoms. The summed E-state index contributed by atoms with van der Waals surface area (Å²) in [6.45, 7) is 1.90. The van der Waals surface area contributed by atoms with Gasteiger partial charge in [0.15, 0.2) is 0 Å². The summed E-state index contributed by atoms with van der Waals surface area (Å²) in [6, 6.07) is 11.0. The minimum Gasteiger partial charge on any atom is -0.378 e. The van der Waals surface area contributed by atoms with Crippen LogP contribution in [0.1, 0.15) is 18.5 Å². The van der Waals surface area contributed by atoms with Gasteiger partial charge < -0.3 is 5.32 Å². The van der Waals surface area contributed by atoms with E-state index in [-0.39, 0.29) is 11.7 Å². The summed E-state index contributed by atoms with van der Waals surface area (Å²) < 4.78 is 14.3. The first kappa shape index (κ1) is 14.5. The molecule has 0 aliphatic rings. The Morgan fingerprint density at radius 1 is 1.30 bits per heavy atom. The fourth-order valence-electron chi connectivity index (χ4n) is 1.92. The number of rotatable bonds is 4. The number of halogens is 2. The van der Waals surface area contributed by atoms with Gasteiger partial charge in [-0.3, -0.25) is 10.1 Å². The van der Waals surface area contributed by atoms with Gasteiger partial charge in [-0.05, 0) is 24.6 Å². The lowest BCUT2D eigenvalue weighted by molar-refractivity contribution is -0.385. The summed E-state index contributed by atoms with van der Waals surface area (Å²) in [5.74, 6) is -0.638. The Morgan fingerprint density at radius 3 is 2.65 bits per heavy atom. The predicted molar refractivity (Wildman–Crippen MR) is 79.2 cm³/mol. The summed E-state index contributed by atoms with van der Waals surface area (Å²) in [5, 5.41) is 13.8. The molecule has 0 aliphatic heterocycles. The van der Waals surface area contributed by atoms with Crippen molar-refractivity contribution in [1.82, 2.24) is 0 Å². The molecule has 4 nitrogen and oxygen atoms in total. The van der Waals surface area contributed by atoms with Crippen molar-refractivity contribution in [3.63, 3.8) is 0 Å². The van der Waals surface area contributed by atoms with Crippen LogP contribution in [0.3, 0.4) is 0 Å². The lowest BCUT2D eigenvalue weighted by Gasteiger charge is -2.17. The third kappa shape index (κ3) is 3.33. The van der Waals surface area contributed by atoms with Gasteiger partial charge in [-0.1, -0.05) is 34.1 Å². The molecule has 0 spiro atoms. The second-order valence-electron chi connectivity index (χ2n) is 4.34. The average molecular weight is 339 g/mol. The van der Waals surface area contributed by atoms with Crippen molar-refractivity contribution in [2.75, 3.05) is 5.32 Å². The van der Waals surface area contributed by atoms with Gasteiger partial charge in [0.2, 0.25) is 0 Å².